The van der Waals surface area contributed by atoms with Crippen LogP contribution in [0.2, 0.25) is 0 Å². The lowest BCUT2D eigenvalue weighted by atomic mass is 10.0. The Morgan fingerprint density at radius 2 is 1.76 bits per heavy atom. The molecule has 0 saturated carbocycles. The molecule has 3 atom stereocenters. The lowest BCUT2D eigenvalue weighted by Crippen LogP contribution is -2.49. The lowest BCUT2D eigenvalue weighted by molar-refractivity contribution is 0.0734. The summed E-state index contributed by atoms with van der Waals surface area (Å²) in [5.41, 5.74) is 2.23. The minimum Gasteiger partial charge on any atom is -0.487 e. The zero-order chi connectivity index (χ0) is 26.7. The Kier molecular flexibility index (Phi) is 8.28. The van der Waals surface area contributed by atoms with Crippen LogP contribution >= 0.6 is 0 Å². The van der Waals surface area contributed by atoms with Crippen LogP contribution in [0.1, 0.15) is 19.4 Å². The van der Waals surface area contributed by atoms with Crippen LogP contribution in [0.3, 0.4) is 0 Å². The van der Waals surface area contributed by atoms with E-state index >= 15 is 0 Å². The first-order valence-electron chi connectivity index (χ1n) is 12.2. The van der Waals surface area contributed by atoms with Crippen molar-refractivity contribution in [2.45, 2.75) is 37.4 Å². The molecule has 4 rings (SSSR count). The highest BCUT2D eigenvalue weighted by molar-refractivity contribution is 7.89. The van der Waals surface area contributed by atoms with Crippen LogP contribution in [0.25, 0.3) is 11.1 Å². The highest BCUT2D eigenvalue weighted by atomic mass is 32.2. The lowest BCUT2D eigenvalue weighted by Gasteiger charge is -2.37. The second-order valence-electron chi connectivity index (χ2n) is 9.73. The molecule has 0 aromatic heterocycles. The first kappa shape index (κ1) is 27.2. The summed E-state index contributed by atoms with van der Waals surface area (Å²) in [5.74, 6) is -0.686. The third-order valence-electron chi connectivity index (χ3n) is 6.68. The number of fused-ring (bicyclic) bond motifs is 1. The molecule has 198 valence electrons. The molecule has 1 aliphatic heterocycles. The maximum atomic E-state index is 13.7. The van der Waals surface area contributed by atoms with Crippen molar-refractivity contribution in [3.05, 3.63) is 83.9 Å². The van der Waals surface area contributed by atoms with Gasteiger partial charge in [-0.1, -0.05) is 37.3 Å². The Labute approximate surface area is 217 Å². The third kappa shape index (κ3) is 6.18. The number of sulfonamides is 1. The molecule has 0 unspecified atom stereocenters. The van der Waals surface area contributed by atoms with Crippen molar-refractivity contribution in [2.24, 2.45) is 5.92 Å². The number of hydrogen-bond donors (Lipinski definition) is 1. The molecule has 0 amide bonds. The second-order valence-corrected chi connectivity index (χ2v) is 11.6. The summed E-state index contributed by atoms with van der Waals surface area (Å²) in [6, 6.07) is 16.6. The van der Waals surface area contributed by atoms with Gasteiger partial charge in [0, 0.05) is 31.6 Å². The number of benzene rings is 3. The molecular formula is C28H32F2N2O4S. The van der Waals surface area contributed by atoms with E-state index in [9.17, 15) is 22.3 Å². The van der Waals surface area contributed by atoms with Crippen molar-refractivity contribution in [3.63, 3.8) is 0 Å². The van der Waals surface area contributed by atoms with Gasteiger partial charge in [0.15, 0.2) is 0 Å². The van der Waals surface area contributed by atoms with Gasteiger partial charge < -0.3 is 9.84 Å². The summed E-state index contributed by atoms with van der Waals surface area (Å²) in [7, 11) is -2.06. The van der Waals surface area contributed by atoms with Crippen molar-refractivity contribution in [1.29, 1.82) is 0 Å². The van der Waals surface area contributed by atoms with Gasteiger partial charge in [0.1, 0.15) is 28.4 Å². The van der Waals surface area contributed by atoms with Gasteiger partial charge in [-0.3, -0.25) is 4.90 Å². The highest BCUT2D eigenvalue weighted by Gasteiger charge is 2.38. The summed E-state index contributed by atoms with van der Waals surface area (Å²) >= 11 is 0. The van der Waals surface area contributed by atoms with E-state index in [1.807, 2.05) is 24.9 Å². The first-order valence-corrected chi connectivity index (χ1v) is 13.6. The van der Waals surface area contributed by atoms with Crippen LogP contribution in [0.4, 0.5) is 8.78 Å². The highest BCUT2D eigenvalue weighted by Crippen LogP contribution is 2.36. The van der Waals surface area contributed by atoms with Crippen molar-refractivity contribution < 1.29 is 27.0 Å². The molecule has 9 heteroatoms. The average molecular weight is 531 g/mol. The van der Waals surface area contributed by atoms with E-state index < -0.39 is 22.2 Å². The summed E-state index contributed by atoms with van der Waals surface area (Å²) in [5, 5.41) is 9.82. The monoisotopic (exact) mass is 530 g/mol. The number of ether oxygens (including phenoxy) is 1. The smallest absolute Gasteiger partial charge is 0.247 e. The summed E-state index contributed by atoms with van der Waals surface area (Å²) in [4.78, 5) is 2.03. The SMILES string of the molecule is C[C@@H]1CN([C@H](C)CO)S(=O)(=O)c2ccc(-c3ccc(F)cc3)cc2O[C@H]1CN(C)Cc1cccc(F)c1. The number of nitrogens with zero attached hydrogens (tertiary/aromatic N) is 2. The minimum atomic E-state index is -3.96. The van der Waals surface area contributed by atoms with Gasteiger partial charge in [0.25, 0.3) is 0 Å². The fourth-order valence-electron chi connectivity index (χ4n) is 4.58. The van der Waals surface area contributed by atoms with Crippen LogP contribution in [0.5, 0.6) is 5.75 Å². The maximum Gasteiger partial charge on any atom is 0.247 e. The summed E-state index contributed by atoms with van der Waals surface area (Å²) in [6.07, 6.45) is -0.398. The quantitative estimate of drug-likeness (QED) is 0.486. The predicted octanol–water partition coefficient (Wildman–Crippen LogP) is 4.53. The van der Waals surface area contributed by atoms with Gasteiger partial charge in [0.05, 0.1) is 6.61 Å². The van der Waals surface area contributed by atoms with Gasteiger partial charge in [-0.05, 0) is 67.1 Å². The van der Waals surface area contributed by atoms with Crippen LogP contribution in [0, 0.1) is 17.6 Å². The van der Waals surface area contributed by atoms with Gasteiger partial charge in [-0.2, -0.15) is 4.31 Å². The van der Waals surface area contributed by atoms with Crippen molar-refractivity contribution in [1.82, 2.24) is 9.21 Å². The summed E-state index contributed by atoms with van der Waals surface area (Å²) in [6.45, 7) is 4.38. The predicted molar refractivity (Wildman–Crippen MR) is 139 cm³/mol. The zero-order valence-corrected chi connectivity index (χ0v) is 22.0. The Morgan fingerprint density at radius 3 is 2.43 bits per heavy atom. The Morgan fingerprint density at radius 1 is 1.05 bits per heavy atom. The second kappa shape index (κ2) is 11.3. The van der Waals surface area contributed by atoms with Crippen LogP contribution < -0.4 is 4.74 Å². The van der Waals surface area contributed by atoms with Gasteiger partial charge >= 0.3 is 0 Å². The van der Waals surface area contributed by atoms with E-state index in [0.29, 0.717) is 18.7 Å². The molecule has 1 N–H and O–H groups in total. The van der Waals surface area contributed by atoms with Crippen LogP contribution in [-0.2, 0) is 16.6 Å². The largest absolute Gasteiger partial charge is 0.487 e. The van der Waals surface area contributed by atoms with Gasteiger partial charge in [0.2, 0.25) is 10.0 Å². The molecule has 0 bridgehead atoms. The van der Waals surface area contributed by atoms with Crippen LogP contribution in [-0.4, -0.2) is 61.6 Å². The Balaban J connectivity index is 1.71. The number of rotatable bonds is 7. The molecule has 1 heterocycles. The van der Waals surface area contributed by atoms with E-state index in [2.05, 4.69) is 0 Å². The van der Waals surface area contributed by atoms with Crippen LogP contribution in [0.15, 0.2) is 71.6 Å². The van der Waals surface area contributed by atoms with Crippen molar-refractivity contribution in [2.75, 3.05) is 26.7 Å². The van der Waals surface area contributed by atoms with Gasteiger partial charge in [-0.15, -0.1) is 0 Å². The van der Waals surface area contributed by atoms with Gasteiger partial charge in [-0.25, -0.2) is 17.2 Å². The number of hydrogen-bond acceptors (Lipinski definition) is 5. The maximum absolute atomic E-state index is 13.7. The molecule has 0 spiro atoms. The minimum absolute atomic E-state index is 0.0170. The standard InChI is InChI=1S/C28H32F2N2O4S/c1-19-15-32(20(2)18-33)37(34,35)28-12-9-23(22-7-10-24(29)11-8-22)14-26(28)36-27(19)17-31(3)16-21-5-4-6-25(30)13-21/h4-14,19-20,27,33H,15-18H2,1-3H3/t19-,20-,27+/m1/s1. The van der Waals surface area contributed by atoms with E-state index in [1.54, 1.807) is 37.3 Å². The van der Waals surface area contributed by atoms with E-state index in [4.69, 9.17) is 4.74 Å². The molecule has 0 fully saturated rings. The molecular weight excluding hydrogens is 498 g/mol. The molecule has 0 radical (unpaired) electrons. The number of aliphatic hydroxyl groups excluding tert-OH is 1. The summed E-state index contributed by atoms with van der Waals surface area (Å²) < 4.78 is 62.2. The molecule has 3 aromatic carbocycles. The number of aliphatic hydroxyl groups is 1. The third-order valence-corrected chi connectivity index (χ3v) is 8.70. The number of likely N-dealkylation sites (N-methyl/N-ethyl adjacent to an activating group) is 1. The molecule has 37 heavy (non-hydrogen) atoms. The Bertz CT molecular complexity index is 1330. The molecule has 0 aliphatic carbocycles. The molecule has 1 aliphatic rings. The topological polar surface area (TPSA) is 70.1 Å². The zero-order valence-electron chi connectivity index (χ0n) is 21.1. The first-order chi connectivity index (χ1) is 17.6. The fraction of sp³-hybridized carbons (Fsp3) is 0.357. The number of halogens is 2. The fourth-order valence-corrected chi connectivity index (χ4v) is 6.41. The van der Waals surface area contributed by atoms with E-state index in [-0.39, 0.29) is 41.3 Å². The van der Waals surface area contributed by atoms with Crippen molar-refractivity contribution >= 4 is 10.0 Å². The van der Waals surface area contributed by atoms with E-state index in [0.717, 1.165) is 11.1 Å². The molecule has 0 saturated heterocycles. The van der Waals surface area contributed by atoms with Crippen molar-refractivity contribution in [3.8, 4) is 16.9 Å². The normalized spacial score (nSPS) is 20.5. The average Bonchev–Trinajstić information content (AvgIpc) is 2.86. The van der Waals surface area contributed by atoms with E-state index in [1.165, 1.54) is 34.6 Å². The molecule has 3 aromatic rings. The molecule has 6 nitrogen and oxygen atoms in total. The Hall–Kier alpha value is -2.85.